The van der Waals surface area contributed by atoms with E-state index < -0.39 is 0 Å². The van der Waals surface area contributed by atoms with Crippen molar-refractivity contribution < 1.29 is 18.7 Å². The summed E-state index contributed by atoms with van der Waals surface area (Å²) in [7, 11) is 0. The highest BCUT2D eigenvalue weighted by atomic mass is 16.5. The van der Waals surface area contributed by atoms with Crippen LogP contribution in [0.4, 0.5) is 5.69 Å². The van der Waals surface area contributed by atoms with Gasteiger partial charge in [0.05, 0.1) is 0 Å². The standard InChI is InChI=1S/C22H21NO4/c1-3-16-4-8-18(9-5-16)23-22(25)21-13-12-20(27-21)14-26-19-10-6-17(7-11-19)15(2)24/h4-13H,3,14H2,1-2H3,(H,23,25). The molecular weight excluding hydrogens is 342 g/mol. The molecule has 1 heterocycles. The van der Waals surface area contributed by atoms with Gasteiger partial charge in [-0.15, -0.1) is 0 Å². The number of hydrogen-bond acceptors (Lipinski definition) is 4. The third-order valence-electron chi connectivity index (χ3n) is 4.15. The molecule has 5 nitrogen and oxygen atoms in total. The maximum Gasteiger partial charge on any atom is 0.291 e. The molecule has 0 radical (unpaired) electrons. The smallest absolute Gasteiger partial charge is 0.291 e. The Hall–Kier alpha value is -3.34. The number of benzene rings is 2. The number of anilines is 1. The quantitative estimate of drug-likeness (QED) is 0.608. The maximum atomic E-state index is 12.3. The molecule has 0 saturated carbocycles. The van der Waals surface area contributed by atoms with Crippen LogP contribution in [0.1, 0.15) is 46.1 Å². The van der Waals surface area contributed by atoms with E-state index in [1.807, 2.05) is 24.3 Å². The van der Waals surface area contributed by atoms with E-state index in [-0.39, 0.29) is 24.1 Å². The Kier molecular flexibility index (Phi) is 5.71. The van der Waals surface area contributed by atoms with E-state index in [2.05, 4.69) is 12.2 Å². The summed E-state index contributed by atoms with van der Waals surface area (Å²) >= 11 is 0. The minimum Gasteiger partial charge on any atom is -0.486 e. The highest BCUT2D eigenvalue weighted by molar-refractivity contribution is 6.02. The van der Waals surface area contributed by atoms with Crippen molar-refractivity contribution in [1.29, 1.82) is 0 Å². The molecule has 0 spiro atoms. The van der Waals surface area contributed by atoms with Gasteiger partial charge in [0.2, 0.25) is 0 Å². The molecule has 0 bridgehead atoms. The van der Waals surface area contributed by atoms with Crippen molar-refractivity contribution in [2.75, 3.05) is 5.32 Å². The fourth-order valence-corrected chi connectivity index (χ4v) is 2.53. The normalized spacial score (nSPS) is 10.4. The van der Waals surface area contributed by atoms with Gasteiger partial charge in [0.1, 0.15) is 18.1 Å². The first-order chi connectivity index (χ1) is 13.0. The molecule has 0 saturated heterocycles. The fourth-order valence-electron chi connectivity index (χ4n) is 2.53. The summed E-state index contributed by atoms with van der Waals surface area (Å²) < 4.78 is 11.2. The summed E-state index contributed by atoms with van der Waals surface area (Å²) in [5.74, 6) is 1.08. The van der Waals surface area contributed by atoms with Crippen LogP contribution in [-0.2, 0) is 13.0 Å². The van der Waals surface area contributed by atoms with E-state index >= 15 is 0 Å². The minimum atomic E-state index is -0.309. The molecule has 3 rings (SSSR count). The lowest BCUT2D eigenvalue weighted by atomic mass is 10.1. The van der Waals surface area contributed by atoms with Gasteiger partial charge in [-0.1, -0.05) is 19.1 Å². The molecule has 0 unspecified atom stereocenters. The zero-order valence-corrected chi connectivity index (χ0v) is 15.3. The Labute approximate surface area is 158 Å². The van der Waals surface area contributed by atoms with Gasteiger partial charge in [-0.05, 0) is 67.4 Å². The molecule has 3 aromatic rings. The van der Waals surface area contributed by atoms with Crippen molar-refractivity contribution >= 4 is 17.4 Å². The van der Waals surface area contributed by atoms with E-state index in [0.29, 0.717) is 17.1 Å². The summed E-state index contributed by atoms with van der Waals surface area (Å²) in [5.41, 5.74) is 2.56. The number of aryl methyl sites for hydroxylation is 1. The predicted octanol–water partition coefficient (Wildman–Crippen LogP) is 4.88. The van der Waals surface area contributed by atoms with Gasteiger partial charge in [-0.3, -0.25) is 9.59 Å². The van der Waals surface area contributed by atoms with Gasteiger partial charge in [-0.2, -0.15) is 0 Å². The van der Waals surface area contributed by atoms with E-state index in [9.17, 15) is 9.59 Å². The second kappa shape index (κ2) is 8.36. The zero-order chi connectivity index (χ0) is 19.2. The van der Waals surface area contributed by atoms with E-state index in [4.69, 9.17) is 9.15 Å². The maximum absolute atomic E-state index is 12.3. The molecule has 0 aliphatic carbocycles. The van der Waals surface area contributed by atoms with Crippen LogP contribution in [0.25, 0.3) is 0 Å². The lowest BCUT2D eigenvalue weighted by molar-refractivity contribution is 0.0990. The molecule has 0 atom stereocenters. The molecule has 1 amide bonds. The Bertz CT molecular complexity index is 924. The van der Waals surface area contributed by atoms with Crippen molar-refractivity contribution in [2.24, 2.45) is 0 Å². The van der Waals surface area contributed by atoms with Crippen LogP contribution < -0.4 is 10.1 Å². The van der Waals surface area contributed by atoms with Crippen molar-refractivity contribution in [1.82, 2.24) is 0 Å². The SMILES string of the molecule is CCc1ccc(NC(=O)c2ccc(COc3ccc(C(C)=O)cc3)o2)cc1. The van der Waals surface area contributed by atoms with Crippen LogP contribution in [0.15, 0.2) is 65.1 Å². The van der Waals surface area contributed by atoms with Crippen molar-refractivity contribution in [3.05, 3.63) is 83.3 Å². The van der Waals surface area contributed by atoms with Crippen LogP contribution in [0.3, 0.4) is 0 Å². The van der Waals surface area contributed by atoms with Gasteiger partial charge >= 0.3 is 0 Å². The number of nitrogens with one attached hydrogen (secondary N) is 1. The average Bonchev–Trinajstić information content (AvgIpc) is 3.16. The molecule has 0 fully saturated rings. The first kappa shape index (κ1) is 18.5. The van der Waals surface area contributed by atoms with Crippen molar-refractivity contribution in [2.45, 2.75) is 26.9 Å². The minimum absolute atomic E-state index is 0.00701. The Morgan fingerprint density at radius 1 is 0.963 bits per heavy atom. The number of rotatable bonds is 7. The van der Waals surface area contributed by atoms with Gasteiger partial charge in [0.15, 0.2) is 11.5 Å². The largest absolute Gasteiger partial charge is 0.486 e. The molecule has 2 aromatic carbocycles. The van der Waals surface area contributed by atoms with Crippen LogP contribution in [-0.4, -0.2) is 11.7 Å². The van der Waals surface area contributed by atoms with E-state index in [1.165, 1.54) is 12.5 Å². The number of ether oxygens (including phenoxy) is 1. The second-order valence-corrected chi connectivity index (χ2v) is 6.14. The Morgan fingerprint density at radius 2 is 1.67 bits per heavy atom. The molecular formula is C22H21NO4. The number of Topliss-reactive ketones (excluding diaryl/α,β-unsaturated/α-hetero) is 1. The molecule has 1 aromatic heterocycles. The number of amides is 1. The zero-order valence-electron chi connectivity index (χ0n) is 15.3. The predicted molar refractivity (Wildman–Crippen MR) is 103 cm³/mol. The summed E-state index contributed by atoms with van der Waals surface area (Å²) in [4.78, 5) is 23.6. The molecule has 0 aliphatic heterocycles. The van der Waals surface area contributed by atoms with Crippen molar-refractivity contribution in [3.8, 4) is 5.75 Å². The van der Waals surface area contributed by atoms with E-state index in [1.54, 1.807) is 36.4 Å². The van der Waals surface area contributed by atoms with Gasteiger partial charge in [0.25, 0.3) is 5.91 Å². The summed E-state index contributed by atoms with van der Waals surface area (Å²) in [5, 5.41) is 2.81. The highest BCUT2D eigenvalue weighted by Crippen LogP contribution is 2.17. The van der Waals surface area contributed by atoms with Crippen LogP contribution >= 0.6 is 0 Å². The molecule has 0 aliphatic rings. The molecule has 1 N–H and O–H groups in total. The fraction of sp³-hybridized carbons (Fsp3) is 0.182. The van der Waals surface area contributed by atoms with Crippen LogP contribution in [0.2, 0.25) is 0 Å². The first-order valence-corrected chi connectivity index (χ1v) is 8.78. The third-order valence-corrected chi connectivity index (χ3v) is 4.15. The van der Waals surface area contributed by atoms with Gasteiger partial charge in [-0.25, -0.2) is 0 Å². The van der Waals surface area contributed by atoms with Gasteiger partial charge < -0.3 is 14.5 Å². The van der Waals surface area contributed by atoms with E-state index in [0.717, 1.165) is 12.1 Å². The summed E-state index contributed by atoms with van der Waals surface area (Å²) in [6.45, 7) is 3.79. The van der Waals surface area contributed by atoms with Crippen LogP contribution in [0.5, 0.6) is 5.75 Å². The number of ketones is 1. The molecule has 5 heteroatoms. The number of furan rings is 1. The molecule has 27 heavy (non-hydrogen) atoms. The molecule has 138 valence electrons. The lowest BCUT2D eigenvalue weighted by Crippen LogP contribution is -2.10. The number of carbonyl (C=O) groups is 2. The van der Waals surface area contributed by atoms with Crippen LogP contribution in [0, 0.1) is 0 Å². The second-order valence-electron chi connectivity index (χ2n) is 6.14. The van der Waals surface area contributed by atoms with Crippen molar-refractivity contribution in [3.63, 3.8) is 0 Å². The summed E-state index contributed by atoms with van der Waals surface area (Å²) in [6, 6.07) is 17.9. The first-order valence-electron chi connectivity index (χ1n) is 8.78. The van der Waals surface area contributed by atoms with Gasteiger partial charge in [0, 0.05) is 11.3 Å². The average molecular weight is 363 g/mol. The lowest BCUT2D eigenvalue weighted by Gasteiger charge is -2.05. The topological polar surface area (TPSA) is 68.5 Å². The number of hydrogen-bond donors (Lipinski definition) is 1. The number of carbonyl (C=O) groups excluding carboxylic acids is 2. The Morgan fingerprint density at radius 3 is 2.30 bits per heavy atom. The summed E-state index contributed by atoms with van der Waals surface area (Å²) in [6.07, 6.45) is 0.952. The third kappa shape index (κ3) is 4.85. The Balaban J connectivity index is 1.56. The highest BCUT2D eigenvalue weighted by Gasteiger charge is 2.12. The monoisotopic (exact) mass is 363 g/mol.